The second-order valence-corrected chi connectivity index (χ2v) is 3.13. The normalized spacial score (nSPS) is 17.1. The maximum absolute atomic E-state index is 12.7. The highest BCUT2D eigenvalue weighted by molar-refractivity contribution is 5.89. The van der Waals surface area contributed by atoms with E-state index in [1.165, 1.54) is 18.2 Å². The molecule has 86 valence electrons. The molecule has 1 aromatic rings. The summed E-state index contributed by atoms with van der Waals surface area (Å²) in [4.78, 5) is 10.7. The van der Waals surface area contributed by atoms with Crippen LogP contribution in [0, 0.1) is 0 Å². The Hall–Kier alpha value is -1.89. The standard InChI is InChI=1S/C9H8F2N2O3/c10-9(11)15-4-5-6(13-8(12)14)2-1-3-7(5)16-9/h1-3H,4H2,(H3,12,13,14). The van der Waals surface area contributed by atoms with Crippen molar-refractivity contribution in [3.8, 4) is 5.75 Å². The van der Waals surface area contributed by atoms with Gasteiger partial charge in [0.2, 0.25) is 0 Å². The number of hydrogen-bond donors (Lipinski definition) is 2. The Morgan fingerprint density at radius 2 is 2.25 bits per heavy atom. The lowest BCUT2D eigenvalue weighted by Gasteiger charge is -2.26. The van der Waals surface area contributed by atoms with Crippen molar-refractivity contribution >= 4 is 11.7 Å². The van der Waals surface area contributed by atoms with E-state index in [1.807, 2.05) is 0 Å². The van der Waals surface area contributed by atoms with Crippen LogP contribution in [0.25, 0.3) is 0 Å². The number of amides is 2. The van der Waals surface area contributed by atoms with E-state index in [9.17, 15) is 13.6 Å². The van der Waals surface area contributed by atoms with Crippen molar-refractivity contribution in [2.45, 2.75) is 12.9 Å². The lowest BCUT2D eigenvalue weighted by molar-refractivity contribution is -0.367. The van der Waals surface area contributed by atoms with Gasteiger partial charge >= 0.3 is 12.3 Å². The van der Waals surface area contributed by atoms with Crippen LogP contribution in [-0.2, 0) is 11.3 Å². The number of alkyl halides is 2. The third kappa shape index (κ3) is 2.03. The highest BCUT2D eigenvalue weighted by Gasteiger charge is 2.39. The lowest BCUT2D eigenvalue weighted by atomic mass is 10.1. The number of carbonyl (C=O) groups is 1. The van der Waals surface area contributed by atoms with Gasteiger partial charge in [0, 0.05) is 5.56 Å². The maximum Gasteiger partial charge on any atom is 0.535 e. The van der Waals surface area contributed by atoms with Crippen LogP contribution in [0.4, 0.5) is 19.3 Å². The van der Waals surface area contributed by atoms with Crippen molar-refractivity contribution in [3.05, 3.63) is 23.8 Å². The molecular formula is C9H8F2N2O3. The first kappa shape index (κ1) is 10.6. The van der Waals surface area contributed by atoms with E-state index in [1.54, 1.807) is 0 Å². The molecular weight excluding hydrogens is 222 g/mol. The molecule has 0 aliphatic carbocycles. The van der Waals surface area contributed by atoms with Crippen LogP contribution in [0.3, 0.4) is 0 Å². The number of anilines is 1. The van der Waals surface area contributed by atoms with Crippen molar-refractivity contribution in [1.82, 2.24) is 0 Å². The first-order valence-corrected chi connectivity index (χ1v) is 4.37. The average molecular weight is 230 g/mol. The van der Waals surface area contributed by atoms with E-state index in [-0.39, 0.29) is 12.4 Å². The third-order valence-electron chi connectivity index (χ3n) is 2.00. The van der Waals surface area contributed by atoms with E-state index >= 15 is 0 Å². The van der Waals surface area contributed by atoms with Gasteiger partial charge < -0.3 is 15.8 Å². The van der Waals surface area contributed by atoms with Crippen LogP contribution in [0.5, 0.6) is 5.75 Å². The van der Waals surface area contributed by atoms with Gasteiger partial charge in [0.1, 0.15) is 5.75 Å². The molecule has 0 atom stereocenters. The topological polar surface area (TPSA) is 73.6 Å². The van der Waals surface area contributed by atoms with Crippen LogP contribution >= 0.6 is 0 Å². The Kier molecular flexibility index (Phi) is 2.39. The molecule has 1 heterocycles. The number of nitrogens with two attached hydrogens (primary N) is 1. The Balaban J connectivity index is 2.35. The molecule has 2 amide bonds. The zero-order chi connectivity index (χ0) is 11.8. The first-order valence-electron chi connectivity index (χ1n) is 4.37. The second-order valence-electron chi connectivity index (χ2n) is 3.13. The zero-order valence-corrected chi connectivity index (χ0v) is 8.00. The smallest absolute Gasteiger partial charge is 0.409 e. The van der Waals surface area contributed by atoms with E-state index in [0.29, 0.717) is 11.3 Å². The summed E-state index contributed by atoms with van der Waals surface area (Å²) in [6.45, 7) is -0.362. The Morgan fingerprint density at radius 1 is 1.50 bits per heavy atom. The fraction of sp³-hybridized carbons (Fsp3) is 0.222. The average Bonchev–Trinajstić information content (AvgIpc) is 2.15. The molecule has 0 bridgehead atoms. The first-order chi connectivity index (χ1) is 7.48. The highest BCUT2D eigenvalue weighted by Crippen LogP contribution is 2.36. The minimum absolute atomic E-state index is 0.0394. The van der Waals surface area contributed by atoms with E-state index in [2.05, 4.69) is 14.8 Å². The van der Waals surface area contributed by atoms with Crippen molar-refractivity contribution < 1.29 is 23.0 Å². The molecule has 3 N–H and O–H groups in total. The fourth-order valence-electron chi connectivity index (χ4n) is 1.37. The SMILES string of the molecule is NC(=O)Nc1cccc2c1COC(F)(F)O2. The van der Waals surface area contributed by atoms with Gasteiger partial charge in [0.15, 0.2) is 0 Å². The summed E-state index contributed by atoms with van der Waals surface area (Å²) in [6.07, 6.45) is -3.64. The number of rotatable bonds is 1. The number of benzene rings is 1. The van der Waals surface area contributed by atoms with Crippen molar-refractivity contribution in [1.29, 1.82) is 0 Å². The molecule has 0 aromatic heterocycles. The van der Waals surface area contributed by atoms with Gasteiger partial charge in [-0.2, -0.15) is 0 Å². The summed E-state index contributed by atoms with van der Waals surface area (Å²) in [5.74, 6) is -0.0394. The predicted octanol–water partition coefficient (Wildman–Crippen LogP) is 1.64. The molecule has 0 saturated carbocycles. The zero-order valence-electron chi connectivity index (χ0n) is 8.00. The number of urea groups is 1. The Labute approximate surface area is 89.1 Å². The minimum Gasteiger partial charge on any atom is -0.409 e. The predicted molar refractivity (Wildman–Crippen MR) is 50.0 cm³/mol. The molecule has 1 aromatic carbocycles. The molecule has 0 spiro atoms. The van der Waals surface area contributed by atoms with E-state index in [4.69, 9.17) is 5.73 Å². The largest absolute Gasteiger partial charge is 0.535 e. The Morgan fingerprint density at radius 3 is 2.94 bits per heavy atom. The number of halogens is 2. The number of carbonyl (C=O) groups excluding carboxylic acids is 1. The quantitative estimate of drug-likeness (QED) is 0.770. The van der Waals surface area contributed by atoms with Gasteiger partial charge in [-0.25, -0.2) is 4.79 Å². The molecule has 1 aliphatic rings. The van der Waals surface area contributed by atoms with Crippen molar-refractivity contribution in [2.75, 3.05) is 5.32 Å². The molecule has 0 unspecified atom stereocenters. The fourth-order valence-corrected chi connectivity index (χ4v) is 1.37. The molecule has 2 rings (SSSR count). The molecule has 0 saturated heterocycles. The van der Waals surface area contributed by atoms with Gasteiger partial charge in [-0.15, -0.1) is 8.78 Å². The molecule has 16 heavy (non-hydrogen) atoms. The summed E-state index contributed by atoms with van der Waals surface area (Å²) in [5, 5.41) is 2.29. The van der Waals surface area contributed by atoms with Gasteiger partial charge in [0.05, 0.1) is 12.3 Å². The summed E-state index contributed by atoms with van der Waals surface area (Å²) < 4.78 is 33.9. The number of nitrogens with one attached hydrogen (secondary N) is 1. The van der Waals surface area contributed by atoms with Gasteiger partial charge in [-0.1, -0.05) is 6.07 Å². The van der Waals surface area contributed by atoms with Gasteiger partial charge in [0.25, 0.3) is 0 Å². The maximum atomic E-state index is 12.7. The summed E-state index contributed by atoms with van der Waals surface area (Å²) in [6, 6.07) is 3.55. The summed E-state index contributed by atoms with van der Waals surface area (Å²) >= 11 is 0. The van der Waals surface area contributed by atoms with Gasteiger partial charge in [-0.3, -0.25) is 4.74 Å². The van der Waals surface area contributed by atoms with Crippen LogP contribution in [0.1, 0.15) is 5.56 Å². The van der Waals surface area contributed by atoms with Gasteiger partial charge in [-0.05, 0) is 12.1 Å². The molecule has 5 nitrogen and oxygen atoms in total. The van der Waals surface area contributed by atoms with E-state index < -0.39 is 12.3 Å². The summed E-state index contributed by atoms with van der Waals surface area (Å²) in [7, 11) is 0. The monoisotopic (exact) mass is 230 g/mol. The molecule has 7 heteroatoms. The van der Waals surface area contributed by atoms with Crippen molar-refractivity contribution in [2.24, 2.45) is 5.73 Å². The minimum atomic E-state index is -3.64. The lowest BCUT2D eigenvalue weighted by Crippen LogP contribution is -2.33. The van der Waals surface area contributed by atoms with Crippen molar-refractivity contribution in [3.63, 3.8) is 0 Å². The third-order valence-corrected chi connectivity index (χ3v) is 2.00. The molecule has 1 aliphatic heterocycles. The molecule has 0 fully saturated rings. The summed E-state index contributed by atoms with van der Waals surface area (Å²) in [5.41, 5.74) is 5.55. The van der Waals surface area contributed by atoms with Crippen LogP contribution < -0.4 is 15.8 Å². The number of hydrogen-bond acceptors (Lipinski definition) is 3. The Bertz CT molecular complexity index is 437. The van der Waals surface area contributed by atoms with Crippen LogP contribution in [-0.4, -0.2) is 12.3 Å². The molecule has 0 radical (unpaired) electrons. The second kappa shape index (κ2) is 3.60. The van der Waals surface area contributed by atoms with Crippen LogP contribution in [0.15, 0.2) is 18.2 Å². The van der Waals surface area contributed by atoms with Crippen LogP contribution in [0.2, 0.25) is 0 Å². The van der Waals surface area contributed by atoms with E-state index in [0.717, 1.165) is 0 Å². The number of fused-ring (bicyclic) bond motifs is 1. The number of primary amides is 1. The highest BCUT2D eigenvalue weighted by atomic mass is 19.3. The number of ether oxygens (including phenoxy) is 2.